The lowest BCUT2D eigenvalue weighted by Crippen LogP contribution is -2.39. The lowest BCUT2D eigenvalue weighted by atomic mass is 10.1. The number of aryl methyl sites for hydroxylation is 2. The number of carbonyl (C=O) groups is 1. The van der Waals surface area contributed by atoms with Crippen LogP contribution in [0.2, 0.25) is 0 Å². The zero-order chi connectivity index (χ0) is 23.2. The standard InChI is InChI=1S/C16H25N3O2S.C7H6F2/c1-3-12-5-4-6-13(7-12)8-18-9-14(20)10-19-16(21)15(17)11-22-2;1-5-2-6(8)4-7(9)3-5/h4-7,11,14,18,20H,3,8-10,17H2,1-2H3,(H,19,21);2-4H,1H3/b15-11-;. The third-order valence-electron chi connectivity index (χ3n) is 4.12. The Morgan fingerprint density at radius 1 is 1.16 bits per heavy atom. The van der Waals surface area contributed by atoms with Crippen LogP contribution in [0.25, 0.3) is 0 Å². The van der Waals surface area contributed by atoms with Gasteiger partial charge in [0.2, 0.25) is 0 Å². The smallest absolute Gasteiger partial charge is 0.267 e. The van der Waals surface area contributed by atoms with Crippen LogP contribution >= 0.6 is 11.8 Å². The number of rotatable bonds is 9. The Hall–Kier alpha value is -2.42. The minimum Gasteiger partial charge on any atom is -0.394 e. The van der Waals surface area contributed by atoms with Gasteiger partial charge >= 0.3 is 0 Å². The quantitative estimate of drug-likeness (QED) is 0.440. The lowest BCUT2D eigenvalue weighted by Gasteiger charge is -2.13. The van der Waals surface area contributed by atoms with E-state index in [2.05, 4.69) is 29.7 Å². The van der Waals surface area contributed by atoms with Gasteiger partial charge in [0.05, 0.1) is 6.10 Å². The van der Waals surface area contributed by atoms with Gasteiger partial charge in [-0.2, -0.15) is 0 Å². The summed E-state index contributed by atoms with van der Waals surface area (Å²) < 4.78 is 24.4. The molecule has 1 amide bonds. The Balaban J connectivity index is 0.000000442. The summed E-state index contributed by atoms with van der Waals surface area (Å²) >= 11 is 1.36. The summed E-state index contributed by atoms with van der Waals surface area (Å²) in [6, 6.07) is 11.7. The number of nitrogens with one attached hydrogen (secondary N) is 2. The highest BCUT2D eigenvalue weighted by atomic mass is 32.2. The van der Waals surface area contributed by atoms with Crippen molar-refractivity contribution >= 4 is 17.7 Å². The summed E-state index contributed by atoms with van der Waals surface area (Å²) in [6.45, 7) is 5.03. The first-order valence-corrected chi connectivity index (χ1v) is 11.2. The summed E-state index contributed by atoms with van der Waals surface area (Å²) in [6.07, 6.45) is 2.18. The van der Waals surface area contributed by atoms with Crippen LogP contribution in [0.15, 0.2) is 53.6 Å². The minimum absolute atomic E-state index is 0.157. The van der Waals surface area contributed by atoms with Crippen LogP contribution in [0.5, 0.6) is 0 Å². The van der Waals surface area contributed by atoms with Crippen LogP contribution < -0.4 is 16.4 Å². The predicted molar refractivity (Wildman–Crippen MR) is 123 cm³/mol. The Labute approximate surface area is 187 Å². The molecule has 0 heterocycles. The third-order valence-corrected chi connectivity index (χ3v) is 4.61. The number of amides is 1. The molecule has 0 aliphatic carbocycles. The van der Waals surface area contributed by atoms with E-state index in [4.69, 9.17) is 5.73 Å². The Bertz CT molecular complexity index is 812. The molecule has 170 valence electrons. The van der Waals surface area contributed by atoms with Gasteiger partial charge in [-0.15, -0.1) is 11.8 Å². The van der Waals surface area contributed by atoms with E-state index >= 15 is 0 Å². The van der Waals surface area contributed by atoms with Crippen molar-refractivity contribution in [2.75, 3.05) is 19.3 Å². The van der Waals surface area contributed by atoms with Crippen molar-refractivity contribution in [3.05, 3.63) is 81.9 Å². The Kier molecular flexibility index (Phi) is 12.5. The normalized spacial score (nSPS) is 12.0. The molecule has 2 rings (SSSR count). The average molecular weight is 452 g/mol. The molecular weight excluding hydrogens is 420 g/mol. The van der Waals surface area contributed by atoms with E-state index in [9.17, 15) is 18.7 Å². The topological polar surface area (TPSA) is 87.4 Å². The molecule has 0 saturated heterocycles. The second-order valence-corrected chi connectivity index (χ2v) is 7.63. The first-order valence-electron chi connectivity index (χ1n) is 9.91. The molecule has 0 radical (unpaired) electrons. The van der Waals surface area contributed by atoms with E-state index in [-0.39, 0.29) is 18.1 Å². The van der Waals surface area contributed by atoms with E-state index in [1.807, 2.05) is 18.4 Å². The molecule has 0 spiro atoms. The van der Waals surface area contributed by atoms with E-state index in [1.165, 1.54) is 35.0 Å². The number of nitrogens with two attached hydrogens (primary N) is 1. The fraction of sp³-hybridized carbons (Fsp3) is 0.348. The first kappa shape index (κ1) is 26.6. The van der Waals surface area contributed by atoms with Gasteiger partial charge in [0.25, 0.3) is 5.91 Å². The van der Waals surface area contributed by atoms with Gasteiger partial charge in [-0.25, -0.2) is 8.78 Å². The molecule has 5 N–H and O–H groups in total. The summed E-state index contributed by atoms with van der Waals surface area (Å²) in [5.41, 5.74) is 8.79. The van der Waals surface area contributed by atoms with Gasteiger partial charge in [-0.1, -0.05) is 31.2 Å². The molecule has 0 aliphatic heterocycles. The molecule has 5 nitrogen and oxygen atoms in total. The summed E-state index contributed by atoms with van der Waals surface area (Å²) in [4.78, 5) is 11.6. The molecule has 2 aromatic carbocycles. The van der Waals surface area contributed by atoms with Crippen molar-refractivity contribution in [1.29, 1.82) is 0 Å². The van der Waals surface area contributed by atoms with Crippen LogP contribution in [0.3, 0.4) is 0 Å². The monoisotopic (exact) mass is 451 g/mol. The highest BCUT2D eigenvalue weighted by Crippen LogP contribution is 2.06. The minimum atomic E-state index is -0.652. The maximum Gasteiger partial charge on any atom is 0.267 e. The largest absolute Gasteiger partial charge is 0.394 e. The van der Waals surface area contributed by atoms with Crippen LogP contribution in [0.4, 0.5) is 8.78 Å². The van der Waals surface area contributed by atoms with Gasteiger partial charge in [0.1, 0.15) is 17.3 Å². The van der Waals surface area contributed by atoms with Crippen molar-refractivity contribution in [3.63, 3.8) is 0 Å². The SMILES string of the molecule is CCc1cccc(CNCC(O)CNC(=O)/C(N)=C/SC)c1.Cc1cc(F)cc(F)c1. The molecule has 0 aliphatic rings. The molecule has 1 atom stereocenters. The maximum absolute atomic E-state index is 12.2. The van der Waals surface area contributed by atoms with E-state index in [0.717, 1.165) is 12.5 Å². The molecule has 0 bridgehead atoms. The number of thioether (sulfide) groups is 1. The number of aliphatic hydroxyl groups is 1. The van der Waals surface area contributed by atoms with E-state index in [0.29, 0.717) is 18.7 Å². The van der Waals surface area contributed by atoms with E-state index < -0.39 is 17.7 Å². The number of carbonyl (C=O) groups excluding carboxylic acids is 1. The number of halogens is 2. The number of hydrogen-bond donors (Lipinski definition) is 4. The molecule has 2 aromatic rings. The second-order valence-electron chi connectivity index (χ2n) is 6.92. The van der Waals surface area contributed by atoms with Gasteiger partial charge in [-0.3, -0.25) is 4.79 Å². The third kappa shape index (κ3) is 11.5. The summed E-state index contributed by atoms with van der Waals surface area (Å²) in [5.74, 6) is -1.40. The zero-order valence-electron chi connectivity index (χ0n) is 18.1. The Morgan fingerprint density at radius 3 is 2.39 bits per heavy atom. The molecule has 8 heteroatoms. The zero-order valence-corrected chi connectivity index (χ0v) is 18.9. The van der Waals surface area contributed by atoms with Gasteiger partial charge in [-0.05, 0) is 53.8 Å². The second kappa shape index (κ2) is 14.6. The fourth-order valence-electron chi connectivity index (χ4n) is 2.60. The van der Waals surface area contributed by atoms with Gasteiger partial charge in [0.15, 0.2) is 0 Å². The van der Waals surface area contributed by atoms with Gasteiger partial charge < -0.3 is 21.5 Å². The number of benzene rings is 2. The fourth-order valence-corrected chi connectivity index (χ4v) is 2.96. The highest BCUT2D eigenvalue weighted by Gasteiger charge is 2.08. The van der Waals surface area contributed by atoms with Crippen molar-refractivity contribution in [2.45, 2.75) is 32.9 Å². The van der Waals surface area contributed by atoms with Crippen molar-refractivity contribution in [2.24, 2.45) is 5.73 Å². The average Bonchev–Trinajstić information content (AvgIpc) is 2.71. The van der Waals surface area contributed by atoms with Crippen LogP contribution in [-0.4, -0.2) is 36.5 Å². The summed E-state index contributed by atoms with van der Waals surface area (Å²) in [5, 5.41) is 17.2. The highest BCUT2D eigenvalue weighted by molar-refractivity contribution is 8.01. The molecule has 0 saturated carbocycles. The van der Waals surface area contributed by atoms with Crippen molar-refractivity contribution in [1.82, 2.24) is 10.6 Å². The molecular formula is C23H31F2N3O2S. The summed E-state index contributed by atoms with van der Waals surface area (Å²) in [7, 11) is 0. The predicted octanol–water partition coefficient (Wildman–Crippen LogP) is 3.25. The molecule has 31 heavy (non-hydrogen) atoms. The molecule has 0 fully saturated rings. The van der Waals surface area contributed by atoms with Crippen LogP contribution in [-0.2, 0) is 17.8 Å². The molecule has 1 unspecified atom stereocenters. The maximum atomic E-state index is 12.2. The lowest BCUT2D eigenvalue weighted by molar-refractivity contribution is -0.118. The van der Waals surface area contributed by atoms with E-state index in [1.54, 1.807) is 12.3 Å². The van der Waals surface area contributed by atoms with Gasteiger partial charge in [0, 0.05) is 25.7 Å². The van der Waals surface area contributed by atoms with Crippen LogP contribution in [0.1, 0.15) is 23.6 Å². The van der Waals surface area contributed by atoms with Crippen LogP contribution in [0, 0.1) is 18.6 Å². The first-order chi connectivity index (χ1) is 14.7. The molecule has 0 aromatic heterocycles. The van der Waals surface area contributed by atoms with Crippen molar-refractivity contribution in [3.8, 4) is 0 Å². The number of hydrogen-bond acceptors (Lipinski definition) is 5. The van der Waals surface area contributed by atoms with Crippen molar-refractivity contribution < 1.29 is 18.7 Å². The number of aliphatic hydroxyl groups excluding tert-OH is 1. The Morgan fingerprint density at radius 2 is 1.81 bits per heavy atom.